The largest absolute Gasteiger partial charge is 0.372 e. The average molecular weight is 263 g/mol. The lowest BCUT2D eigenvalue weighted by molar-refractivity contribution is 0.502. The number of nitrogens with one attached hydrogen (secondary N) is 1. The molecule has 19 heavy (non-hydrogen) atoms. The predicted octanol–water partition coefficient (Wildman–Crippen LogP) is 3.45. The molecule has 0 aromatic carbocycles. The van der Waals surface area contributed by atoms with E-state index in [1.807, 2.05) is 12.4 Å². The summed E-state index contributed by atoms with van der Waals surface area (Å²) in [7, 11) is 2.18. The van der Waals surface area contributed by atoms with Crippen LogP contribution in [0, 0.1) is 5.92 Å². The third kappa shape index (κ3) is 5.19. The van der Waals surface area contributed by atoms with Crippen LogP contribution in [0.3, 0.4) is 0 Å². The molecule has 0 saturated carbocycles. The molecule has 1 rings (SSSR count). The first-order valence-electron chi connectivity index (χ1n) is 7.31. The second-order valence-electron chi connectivity index (χ2n) is 6.13. The van der Waals surface area contributed by atoms with Gasteiger partial charge in [-0.15, -0.1) is 0 Å². The van der Waals surface area contributed by atoms with Gasteiger partial charge in [-0.05, 0) is 25.3 Å². The molecule has 1 unspecified atom stereocenters. The molecule has 0 saturated heterocycles. The number of nitrogens with zero attached hydrogens (tertiary/aromatic N) is 2. The fourth-order valence-corrected chi connectivity index (χ4v) is 2.29. The molecule has 1 aromatic heterocycles. The van der Waals surface area contributed by atoms with E-state index in [9.17, 15) is 0 Å². The van der Waals surface area contributed by atoms with Gasteiger partial charge in [0.05, 0.1) is 0 Å². The Bertz CT molecular complexity index is 374. The van der Waals surface area contributed by atoms with Gasteiger partial charge in [0.1, 0.15) is 0 Å². The van der Waals surface area contributed by atoms with E-state index >= 15 is 0 Å². The van der Waals surface area contributed by atoms with E-state index in [1.54, 1.807) is 0 Å². The van der Waals surface area contributed by atoms with Crippen molar-refractivity contribution < 1.29 is 0 Å². The van der Waals surface area contributed by atoms with Crippen molar-refractivity contribution in [1.82, 2.24) is 10.3 Å². The van der Waals surface area contributed by atoms with Gasteiger partial charge in [0.25, 0.3) is 0 Å². The molecule has 0 fully saturated rings. The molecular formula is C16H29N3. The molecule has 3 nitrogen and oxygen atoms in total. The van der Waals surface area contributed by atoms with Crippen LogP contribution >= 0.6 is 0 Å². The summed E-state index contributed by atoms with van der Waals surface area (Å²) < 4.78 is 0. The minimum Gasteiger partial charge on any atom is -0.372 e. The maximum atomic E-state index is 4.26. The van der Waals surface area contributed by atoms with E-state index < -0.39 is 0 Å². The van der Waals surface area contributed by atoms with Gasteiger partial charge in [0.15, 0.2) is 0 Å². The van der Waals surface area contributed by atoms with E-state index in [-0.39, 0.29) is 0 Å². The van der Waals surface area contributed by atoms with Gasteiger partial charge in [-0.1, -0.05) is 27.7 Å². The molecule has 108 valence electrons. The molecule has 0 bridgehead atoms. The molecule has 1 N–H and O–H groups in total. The minimum atomic E-state index is 0.492. The fourth-order valence-electron chi connectivity index (χ4n) is 2.29. The van der Waals surface area contributed by atoms with Gasteiger partial charge in [-0.25, -0.2) is 0 Å². The number of hydrogen-bond donors (Lipinski definition) is 1. The smallest absolute Gasteiger partial charge is 0.0442 e. The number of rotatable bonds is 7. The zero-order valence-electron chi connectivity index (χ0n) is 13.3. The van der Waals surface area contributed by atoms with Crippen molar-refractivity contribution in [3.05, 3.63) is 24.0 Å². The Morgan fingerprint density at radius 1 is 1.21 bits per heavy atom. The van der Waals surface area contributed by atoms with Gasteiger partial charge in [0, 0.05) is 49.3 Å². The molecule has 0 radical (unpaired) electrons. The molecule has 0 spiro atoms. The lowest BCUT2D eigenvalue weighted by atomic mass is 10.0. The number of anilines is 1. The van der Waals surface area contributed by atoms with E-state index in [1.165, 1.54) is 17.7 Å². The molecule has 1 atom stereocenters. The summed E-state index contributed by atoms with van der Waals surface area (Å²) in [6.45, 7) is 12.1. The van der Waals surface area contributed by atoms with Gasteiger partial charge >= 0.3 is 0 Å². The lowest BCUT2D eigenvalue weighted by Gasteiger charge is -2.30. The summed E-state index contributed by atoms with van der Waals surface area (Å²) in [6, 6.07) is 3.15. The van der Waals surface area contributed by atoms with Crippen molar-refractivity contribution in [3.8, 4) is 0 Å². The van der Waals surface area contributed by atoms with Crippen LogP contribution in [0.4, 0.5) is 5.69 Å². The van der Waals surface area contributed by atoms with Crippen LogP contribution < -0.4 is 10.2 Å². The van der Waals surface area contributed by atoms with Crippen LogP contribution in [0.1, 0.15) is 46.6 Å². The minimum absolute atomic E-state index is 0.492. The van der Waals surface area contributed by atoms with Crippen LogP contribution in [0.5, 0.6) is 0 Å². The third-order valence-electron chi connectivity index (χ3n) is 3.43. The van der Waals surface area contributed by atoms with Crippen molar-refractivity contribution in [2.24, 2.45) is 5.92 Å². The highest BCUT2D eigenvalue weighted by atomic mass is 15.1. The summed E-state index contributed by atoms with van der Waals surface area (Å²) in [6.07, 6.45) is 5.06. The summed E-state index contributed by atoms with van der Waals surface area (Å²) >= 11 is 0. The Kier molecular flexibility index (Phi) is 6.29. The summed E-state index contributed by atoms with van der Waals surface area (Å²) in [5.41, 5.74) is 2.56. The standard InChI is InChI=1S/C16H29N3/c1-12(2)9-14(5)19(6)16-7-8-17-10-15(16)11-18-13(3)4/h7-8,10,12-14,18H,9,11H2,1-6H3. The molecule has 0 aliphatic carbocycles. The molecular weight excluding hydrogens is 234 g/mol. The maximum Gasteiger partial charge on any atom is 0.0442 e. The monoisotopic (exact) mass is 263 g/mol. The Morgan fingerprint density at radius 3 is 2.47 bits per heavy atom. The van der Waals surface area contributed by atoms with Crippen molar-refractivity contribution in [2.45, 2.75) is 59.7 Å². The number of aromatic nitrogens is 1. The molecule has 1 heterocycles. The third-order valence-corrected chi connectivity index (χ3v) is 3.43. The molecule has 1 aromatic rings. The highest BCUT2D eigenvalue weighted by molar-refractivity contribution is 5.52. The Labute approximate surface area is 118 Å². The first kappa shape index (κ1) is 16.0. The topological polar surface area (TPSA) is 28.2 Å². The zero-order valence-corrected chi connectivity index (χ0v) is 13.3. The Hall–Kier alpha value is -1.09. The van der Waals surface area contributed by atoms with Crippen LogP contribution in [0.25, 0.3) is 0 Å². The zero-order chi connectivity index (χ0) is 14.4. The van der Waals surface area contributed by atoms with Crippen LogP contribution in [0.2, 0.25) is 0 Å². The number of hydrogen-bond acceptors (Lipinski definition) is 3. The lowest BCUT2D eigenvalue weighted by Crippen LogP contribution is -2.32. The van der Waals surface area contributed by atoms with Gasteiger partial charge in [0.2, 0.25) is 0 Å². The normalized spacial score (nSPS) is 13.1. The highest BCUT2D eigenvalue weighted by Gasteiger charge is 2.14. The first-order chi connectivity index (χ1) is 8.91. The molecule has 0 amide bonds. The van der Waals surface area contributed by atoms with Crippen LogP contribution in [-0.2, 0) is 6.54 Å². The van der Waals surface area contributed by atoms with Crippen molar-refractivity contribution in [1.29, 1.82) is 0 Å². The summed E-state index contributed by atoms with van der Waals surface area (Å²) in [4.78, 5) is 6.63. The number of pyridine rings is 1. The van der Waals surface area contributed by atoms with E-state index in [0.29, 0.717) is 12.1 Å². The van der Waals surface area contributed by atoms with Crippen LogP contribution in [-0.4, -0.2) is 24.1 Å². The second-order valence-corrected chi connectivity index (χ2v) is 6.13. The van der Waals surface area contributed by atoms with Gasteiger partial charge in [-0.3, -0.25) is 4.98 Å². The summed E-state index contributed by atoms with van der Waals surface area (Å²) in [5, 5.41) is 3.47. The molecule has 0 aliphatic heterocycles. The second kappa shape index (κ2) is 7.49. The van der Waals surface area contributed by atoms with E-state index in [0.717, 1.165) is 12.5 Å². The SMILES string of the molecule is CC(C)CC(C)N(C)c1ccncc1CNC(C)C. The van der Waals surface area contributed by atoms with Crippen molar-refractivity contribution in [2.75, 3.05) is 11.9 Å². The van der Waals surface area contributed by atoms with Crippen LogP contribution in [0.15, 0.2) is 18.5 Å². The first-order valence-corrected chi connectivity index (χ1v) is 7.31. The van der Waals surface area contributed by atoms with Crippen molar-refractivity contribution in [3.63, 3.8) is 0 Å². The Balaban J connectivity index is 2.80. The fraction of sp³-hybridized carbons (Fsp3) is 0.688. The van der Waals surface area contributed by atoms with Gasteiger partial charge in [-0.2, -0.15) is 0 Å². The highest BCUT2D eigenvalue weighted by Crippen LogP contribution is 2.22. The van der Waals surface area contributed by atoms with E-state index in [2.05, 4.69) is 62.9 Å². The Morgan fingerprint density at radius 2 is 1.89 bits per heavy atom. The maximum absolute atomic E-state index is 4.26. The summed E-state index contributed by atoms with van der Waals surface area (Å²) in [5.74, 6) is 0.719. The van der Waals surface area contributed by atoms with Crippen molar-refractivity contribution >= 4 is 5.69 Å². The molecule has 0 aliphatic rings. The predicted molar refractivity (Wildman–Crippen MR) is 83.5 cm³/mol. The van der Waals surface area contributed by atoms with E-state index in [4.69, 9.17) is 0 Å². The quantitative estimate of drug-likeness (QED) is 0.816. The average Bonchev–Trinajstić information content (AvgIpc) is 2.35. The molecule has 3 heteroatoms. The van der Waals surface area contributed by atoms with Gasteiger partial charge < -0.3 is 10.2 Å².